The van der Waals surface area contributed by atoms with Crippen LogP contribution in [0.1, 0.15) is 24.8 Å². The van der Waals surface area contributed by atoms with Crippen LogP contribution in [0.2, 0.25) is 0 Å². The maximum Gasteiger partial charge on any atom is 0.247 e. The number of methoxy groups -OCH3 is 2. The highest BCUT2D eigenvalue weighted by molar-refractivity contribution is 7.89. The van der Waals surface area contributed by atoms with E-state index in [1.807, 2.05) is 13.0 Å². The lowest BCUT2D eigenvalue weighted by Gasteiger charge is -2.30. The largest absolute Gasteiger partial charge is 0.495 e. The van der Waals surface area contributed by atoms with Gasteiger partial charge in [-0.25, -0.2) is 13.4 Å². The number of ether oxygens (including phenoxy) is 3. The van der Waals surface area contributed by atoms with Crippen LogP contribution in [0.3, 0.4) is 0 Å². The van der Waals surface area contributed by atoms with Crippen molar-refractivity contribution in [3.63, 3.8) is 0 Å². The molecule has 1 aromatic heterocycles. The summed E-state index contributed by atoms with van der Waals surface area (Å²) in [6.07, 6.45) is 1.79. The number of benzene rings is 2. The van der Waals surface area contributed by atoms with Gasteiger partial charge in [-0.3, -0.25) is 14.6 Å². The lowest BCUT2D eigenvalue weighted by atomic mass is 10.2. The predicted octanol–water partition coefficient (Wildman–Crippen LogP) is 3.53. The van der Waals surface area contributed by atoms with Crippen LogP contribution in [0.15, 0.2) is 41.3 Å². The summed E-state index contributed by atoms with van der Waals surface area (Å²) in [7, 11) is -0.666. The summed E-state index contributed by atoms with van der Waals surface area (Å²) in [5.41, 5.74) is 1.59. The molecule has 0 N–H and O–H groups in total. The number of sulfonamides is 1. The number of amides is 1. The zero-order valence-electron chi connectivity index (χ0n) is 23.2. The maximum atomic E-state index is 14.2. The van der Waals surface area contributed by atoms with Gasteiger partial charge >= 0.3 is 0 Å². The molecule has 3 aromatic rings. The highest BCUT2D eigenvalue weighted by atomic mass is 32.2. The lowest BCUT2D eigenvalue weighted by molar-refractivity contribution is -0.121. The zero-order valence-corrected chi connectivity index (χ0v) is 24.8. The quantitative estimate of drug-likeness (QED) is 0.355. The van der Waals surface area contributed by atoms with Crippen LogP contribution in [-0.2, 0) is 19.6 Å². The molecule has 1 unspecified atom stereocenters. The minimum atomic E-state index is -3.84. The molecule has 3 heterocycles. The van der Waals surface area contributed by atoms with Gasteiger partial charge in [-0.15, -0.1) is 0 Å². The minimum Gasteiger partial charge on any atom is -0.495 e. The Labute approximate surface area is 239 Å². The monoisotopic (exact) mass is 588 g/mol. The molecule has 2 aliphatic rings. The molecule has 1 atom stereocenters. The number of rotatable bonds is 10. The standard InChI is InChI=1S/C28H36N4O6S2/c1-20-7-9-21(10-8-20)40(34,35)32-15-4-6-22(32)27(33)31(14-5-13-30-16-18-38-19-17-30)28-29-25-23(36-2)11-12-24(37-3)26(25)39-28/h7-12,22H,4-6,13-19H2,1-3H3. The van der Waals surface area contributed by atoms with Crippen molar-refractivity contribution in [1.29, 1.82) is 0 Å². The van der Waals surface area contributed by atoms with E-state index < -0.39 is 16.1 Å². The summed E-state index contributed by atoms with van der Waals surface area (Å²) < 4.78 is 46.0. The third kappa shape index (κ3) is 5.82. The van der Waals surface area contributed by atoms with Crippen molar-refractivity contribution >= 4 is 42.6 Å². The molecule has 2 fully saturated rings. The van der Waals surface area contributed by atoms with Gasteiger partial charge in [-0.2, -0.15) is 4.31 Å². The van der Waals surface area contributed by atoms with E-state index in [9.17, 15) is 13.2 Å². The normalized spacial score (nSPS) is 18.7. The van der Waals surface area contributed by atoms with Crippen LogP contribution < -0.4 is 14.4 Å². The predicted molar refractivity (Wildman–Crippen MR) is 155 cm³/mol. The van der Waals surface area contributed by atoms with E-state index in [2.05, 4.69) is 4.90 Å². The molecule has 40 heavy (non-hydrogen) atoms. The Morgan fingerprint density at radius 3 is 2.48 bits per heavy atom. The van der Waals surface area contributed by atoms with Gasteiger partial charge in [0.25, 0.3) is 0 Å². The van der Waals surface area contributed by atoms with Gasteiger partial charge in [0, 0.05) is 32.7 Å². The van der Waals surface area contributed by atoms with E-state index in [0.717, 1.165) is 29.9 Å². The van der Waals surface area contributed by atoms with Gasteiger partial charge in [0.15, 0.2) is 5.13 Å². The topological polar surface area (TPSA) is 102 Å². The third-order valence-corrected chi connectivity index (χ3v) is 10.5. The fraction of sp³-hybridized carbons (Fsp3) is 0.500. The van der Waals surface area contributed by atoms with E-state index in [1.54, 1.807) is 49.5 Å². The van der Waals surface area contributed by atoms with Crippen LogP contribution in [0.25, 0.3) is 10.2 Å². The lowest BCUT2D eigenvalue weighted by Crippen LogP contribution is -2.48. The van der Waals surface area contributed by atoms with Gasteiger partial charge < -0.3 is 14.2 Å². The number of thiazole rings is 1. The number of nitrogens with zero attached hydrogens (tertiary/aromatic N) is 4. The van der Waals surface area contributed by atoms with Crippen molar-refractivity contribution in [3.8, 4) is 11.5 Å². The molecule has 2 aromatic carbocycles. The average Bonchev–Trinajstić information content (AvgIpc) is 3.64. The Kier molecular flexibility index (Phi) is 8.91. The van der Waals surface area contributed by atoms with E-state index in [4.69, 9.17) is 19.2 Å². The van der Waals surface area contributed by atoms with Crippen molar-refractivity contribution < 1.29 is 27.4 Å². The smallest absolute Gasteiger partial charge is 0.247 e. The maximum absolute atomic E-state index is 14.2. The van der Waals surface area contributed by atoms with Crippen LogP contribution in [0.4, 0.5) is 5.13 Å². The second-order valence-corrected chi connectivity index (χ2v) is 12.9. The molecule has 2 aliphatic heterocycles. The summed E-state index contributed by atoms with van der Waals surface area (Å²) in [4.78, 5) is 23.3. The number of aromatic nitrogens is 1. The van der Waals surface area contributed by atoms with Crippen LogP contribution >= 0.6 is 11.3 Å². The molecular formula is C28H36N4O6S2. The Morgan fingerprint density at radius 1 is 1.07 bits per heavy atom. The molecule has 0 saturated carbocycles. The summed E-state index contributed by atoms with van der Waals surface area (Å²) >= 11 is 1.35. The van der Waals surface area contributed by atoms with E-state index in [1.165, 1.54) is 15.6 Å². The van der Waals surface area contributed by atoms with Crippen molar-refractivity contribution in [2.75, 3.05) is 65.1 Å². The molecule has 0 bridgehead atoms. The molecule has 0 aliphatic carbocycles. The second kappa shape index (κ2) is 12.4. The first-order valence-electron chi connectivity index (χ1n) is 13.5. The van der Waals surface area contributed by atoms with Gasteiger partial charge in [-0.05, 0) is 50.5 Å². The third-order valence-electron chi connectivity index (χ3n) is 7.47. The fourth-order valence-corrected chi connectivity index (χ4v) is 8.02. The molecule has 2 saturated heterocycles. The van der Waals surface area contributed by atoms with Crippen LogP contribution in [0.5, 0.6) is 11.5 Å². The summed E-state index contributed by atoms with van der Waals surface area (Å²) in [5.74, 6) is 0.973. The van der Waals surface area contributed by atoms with Crippen molar-refractivity contribution in [2.24, 2.45) is 0 Å². The number of aryl methyl sites for hydroxylation is 1. The molecule has 0 spiro atoms. The van der Waals surface area contributed by atoms with Crippen molar-refractivity contribution in [1.82, 2.24) is 14.2 Å². The Morgan fingerprint density at radius 2 is 1.77 bits per heavy atom. The number of hydrogen-bond donors (Lipinski definition) is 0. The number of carbonyl (C=O) groups excluding carboxylic acids is 1. The molecule has 12 heteroatoms. The Balaban J connectivity index is 1.47. The highest BCUT2D eigenvalue weighted by Gasteiger charge is 2.42. The molecule has 1 amide bonds. The highest BCUT2D eigenvalue weighted by Crippen LogP contribution is 2.41. The first-order chi connectivity index (χ1) is 19.3. The molecular weight excluding hydrogens is 552 g/mol. The van der Waals surface area contributed by atoms with Crippen LogP contribution in [-0.4, -0.2) is 94.7 Å². The van der Waals surface area contributed by atoms with Gasteiger partial charge in [0.1, 0.15) is 27.8 Å². The first-order valence-corrected chi connectivity index (χ1v) is 15.8. The number of anilines is 1. The van der Waals surface area contributed by atoms with Crippen molar-refractivity contribution in [2.45, 2.75) is 37.1 Å². The van der Waals surface area contributed by atoms with Crippen molar-refractivity contribution in [3.05, 3.63) is 42.0 Å². The first kappa shape index (κ1) is 28.7. The Hall–Kier alpha value is -2.77. The zero-order chi connectivity index (χ0) is 28.3. The van der Waals surface area contributed by atoms with Gasteiger partial charge in [0.05, 0.1) is 32.3 Å². The number of hydrogen-bond acceptors (Lipinski definition) is 9. The molecule has 0 radical (unpaired) electrons. The summed E-state index contributed by atoms with van der Waals surface area (Å²) in [6.45, 7) is 6.55. The van der Waals surface area contributed by atoms with E-state index in [0.29, 0.717) is 67.7 Å². The number of fused-ring (bicyclic) bond motifs is 1. The minimum absolute atomic E-state index is 0.200. The molecule has 10 nitrogen and oxygen atoms in total. The van der Waals surface area contributed by atoms with E-state index >= 15 is 0 Å². The molecule has 216 valence electrons. The van der Waals surface area contributed by atoms with Gasteiger partial charge in [-0.1, -0.05) is 29.0 Å². The number of morpholine rings is 1. The Bertz CT molecular complexity index is 1400. The second-order valence-electron chi connectivity index (χ2n) is 10.0. The number of carbonyl (C=O) groups is 1. The summed E-state index contributed by atoms with van der Waals surface area (Å²) in [5, 5.41) is 0.504. The summed E-state index contributed by atoms with van der Waals surface area (Å²) in [6, 6.07) is 9.58. The SMILES string of the molecule is COc1ccc(OC)c2sc(N(CCCN3CCOCC3)C(=O)C3CCCN3S(=O)(=O)c3ccc(C)cc3)nc12. The fourth-order valence-electron chi connectivity index (χ4n) is 5.27. The molecule has 5 rings (SSSR count). The average molecular weight is 589 g/mol. The van der Waals surface area contributed by atoms with Gasteiger partial charge in [0.2, 0.25) is 15.9 Å². The van der Waals surface area contributed by atoms with Crippen LogP contribution in [0, 0.1) is 6.92 Å². The van der Waals surface area contributed by atoms with E-state index in [-0.39, 0.29) is 10.8 Å².